The molecule has 3 rings (SSSR count). The highest BCUT2D eigenvalue weighted by molar-refractivity contribution is 7.99. The maximum atomic E-state index is 10.9. The first kappa shape index (κ1) is 22.4. The quantitative estimate of drug-likeness (QED) is 0.358. The highest BCUT2D eigenvalue weighted by Crippen LogP contribution is 2.41. The standard InChI is InChI=1S/C22H28N2O2S3/c1-3-4-8-17-13-24(18-9-6-5-7-10-18)19-12-20(27-2)16(11-21(19)29-23-17)14-28-15-22(25)26/h5-7,9-12,17,23H,3-4,8,13-15H2,1-2H3,(H,25,26). The Labute approximate surface area is 186 Å². The Hall–Kier alpha value is -1.28. The van der Waals surface area contributed by atoms with Crippen LogP contribution >= 0.6 is 35.5 Å². The zero-order valence-electron chi connectivity index (χ0n) is 16.9. The zero-order valence-corrected chi connectivity index (χ0v) is 19.3. The molecular weight excluding hydrogens is 420 g/mol. The summed E-state index contributed by atoms with van der Waals surface area (Å²) in [5.74, 6) is 0.0763. The fourth-order valence-electron chi connectivity index (χ4n) is 3.39. The summed E-state index contributed by atoms with van der Waals surface area (Å²) in [4.78, 5) is 15.7. The third-order valence-electron chi connectivity index (χ3n) is 4.85. The minimum Gasteiger partial charge on any atom is -0.481 e. The molecule has 0 aliphatic carbocycles. The van der Waals surface area contributed by atoms with Gasteiger partial charge in [0.05, 0.1) is 11.4 Å². The van der Waals surface area contributed by atoms with Gasteiger partial charge in [-0.2, -0.15) is 0 Å². The molecule has 0 aromatic heterocycles. The van der Waals surface area contributed by atoms with Crippen LogP contribution in [0.5, 0.6) is 0 Å². The number of thioether (sulfide) groups is 2. The second-order valence-electron chi connectivity index (χ2n) is 7.02. The van der Waals surface area contributed by atoms with Crippen LogP contribution in [0.2, 0.25) is 0 Å². The van der Waals surface area contributed by atoms with Gasteiger partial charge in [-0.25, -0.2) is 0 Å². The second-order valence-corrected chi connectivity index (χ2v) is 9.74. The number of anilines is 2. The average Bonchev–Trinajstić information content (AvgIpc) is 2.91. The van der Waals surface area contributed by atoms with E-state index in [0.29, 0.717) is 11.8 Å². The molecule has 7 heteroatoms. The van der Waals surface area contributed by atoms with E-state index >= 15 is 0 Å². The number of benzene rings is 2. The van der Waals surface area contributed by atoms with Crippen molar-refractivity contribution < 1.29 is 9.90 Å². The monoisotopic (exact) mass is 448 g/mol. The Morgan fingerprint density at radius 3 is 2.79 bits per heavy atom. The molecule has 1 aliphatic heterocycles. The van der Waals surface area contributed by atoms with E-state index in [4.69, 9.17) is 5.11 Å². The SMILES string of the molecule is CCCCC1CN(c2ccccc2)c2cc(SC)c(CSCC(=O)O)cc2SN1. The lowest BCUT2D eigenvalue weighted by atomic mass is 10.1. The van der Waals surface area contributed by atoms with Gasteiger partial charge in [-0.05, 0) is 54.5 Å². The Kier molecular flexibility index (Phi) is 8.66. The van der Waals surface area contributed by atoms with Gasteiger partial charge in [0.1, 0.15) is 0 Å². The first-order chi connectivity index (χ1) is 14.1. The number of fused-ring (bicyclic) bond motifs is 1. The number of carbonyl (C=O) groups is 1. The maximum absolute atomic E-state index is 10.9. The molecule has 1 aliphatic rings. The van der Waals surface area contributed by atoms with Crippen LogP contribution in [0, 0.1) is 0 Å². The van der Waals surface area contributed by atoms with Crippen molar-refractivity contribution in [2.45, 2.75) is 47.8 Å². The molecule has 1 heterocycles. The van der Waals surface area contributed by atoms with Gasteiger partial charge in [-0.3, -0.25) is 9.52 Å². The summed E-state index contributed by atoms with van der Waals surface area (Å²) >= 11 is 4.89. The molecule has 1 unspecified atom stereocenters. The van der Waals surface area contributed by atoms with Crippen molar-refractivity contribution in [3.05, 3.63) is 48.0 Å². The Morgan fingerprint density at radius 2 is 2.10 bits per heavy atom. The third-order valence-corrected chi connectivity index (χ3v) is 7.63. The van der Waals surface area contributed by atoms with E-state index in [1.807, 2.05) is 0 Å². The molecule has 2 aromatic rings. The number of carboxylic acid groups (broad SMARTS) is 1. The summed E-state index contributed by atoms with van der Waals surface area (Å²) in [5, 5.41) is 8.96. The molecular formula is C22H28N2O2S3. The van der Waals surface area contributed by atoms with E-state index in [1.165, 1.54) is 51.3 Å². The Morgan fingerprint density at radius 1 is 1.31 bits per heavy atom. The van der Waals surface area contributed by atoms with Crippen molar-refractivity contribution in [1.29, 1.82) is 0 Å². The number of nitrogens with zero attached hydrogens (tertiary/aromatic N) is 1. The number of para-hydroxylation sites is 1. The lowest BCUT2D eigenvalue weighted by molar-refractivity contribution is -0.133. The fraction of sp³-hybridized carbons (Fsp3) is 0.409. The summed E-state index contributed by atoms with van der Waals surface area (Å²) in [7, 11) is 0. The molecule has 0 spiro atoms. The zero-order chi connectivity index (χ0) is 20.6. The van der Waals surface area contributed by atoms with Crippen molar-refractivity contribution in [2.24, 2.45) is 0 Å². The molecule has 0 amide bonds. The van der Waals surface area contributed by atoms with E-state index in [2.05, 4.69) is 65.3 Å². The molecule has 29 heavy (non-hydrogen) atoms. The van der Waals surface area contributed by atoms with Crippen LogP contribution in [0.25, 0.3) is 0 Å². The minimum absolute atomic E-state index is 0.130. The number of aliphatic carboxylic acids is 1. The normalized spacial score (nSPS) is 16.3. The molecule has 0 saturated heterocycles. The Balaban J connectivity index is 1.95. The molecule has 0 fully saturated rings. The van der Waals surface area contributed by atoms with Crippen LogP contribution in [-0.2, 0) is 10.5 Å². The van der Waals surface area contributed by atoms with Crippen molar-refractivity contribution in [3.63, 3.8) is 0 Å². The Bertz CT molecular complexity index is 817. The first-order valence-corrected chi connectivity index (χ1v) is 13.1. The van der Waals surface area contributed by atoms with Crippen LogP contribution in [0.1, 0.15) is 31.7 Å². The lowest BCUT2D eigenvalue weighted by Crippen LogP contribution is -2.34. The van der Waals surface area contributed by atoms with Crippen LogP contribution in [0.15, 0.2) is 52.3 Å². The molecule has 2 N–H and O–H groups in total. The number of unbranched alkanes of at least 4 members (excludes halogenated alkanes) is 1. The molecule has 156 valence electrons. The number of rotatable bonds is 9. The van der Waals surface area contributed by atoms with Gasteiger partial charge in [0, 0.05) is 33.8 Å². The third kappa shape index (κ3) is 6.10. The van der Waals surface area contributed by atoms with Gasteiger partial charge in [-0.1, -0.05) is 38.0 Å². The molecule has 4 nitrogen and oxygen atoms in total. The molecule has 0 saturated carbocycles. The molecule has 2 aromatic carbocycles. The fourth-order valence-corrected chi connectivity index (χ4v) is 5.80. The topological polar surface area (TPSA) is 52.6 Å². The van der Waals surface area contributed by atoms with E-state index in [-0.39, 0.29) is 5.75 Å². The van der Waals surface area contributed by atoms with Crippen LogP contribution < -0.4 is 9.62 Å². The van der Waals surface area contributed by atoms with Crippen LogP contribution in [0.4, 0.5) is 11.4 Å². The highest BCUT2D eigenvalue weighted by Gasteiger charge is 2.24. The van der Waals surface area contributed by atoms with Crippen molar-refractivity contribution in [2.75, 3.05) is 23.5 Å². The lowest BCUT2D eigenvalue weighted by Gasteiger charge is -2.28. The molecule has 1 atom stereocenters. The maximum Gasteiger partial charge on any atom is 0.313 e. The van der Waals surface area contributed by atoms with E-state index < -0.39 is 5.97 Å². The number of nitrogens with one attached hydrogen (secondary N) is 1. The van der Waals surface area contributed by atoms with Gasteiger partial charge in [0.25, 0.3) is 0 Å². The second kappa shape index (κ2) is 11.2. The van der Waals surface area contributed by atoms with Gasteiger partial charge in [0.15, 0.2) is 0 Å². The number of hydrogen-bond donors (Lipinski definition) is 2. The summed E-state index contributed by atoms with van der Waals surface area (Å²) in [6.45, 7) is 3.17. The molecule has 0 radical (unpaired) electrons. The van der Waals surface area contributed by atoms with Crippen molar-refractivity contribution >= 4 is 52.8 Å². The highest BCUT2D eigenvalue weighted by atomic mass is 32.2. The van der Waals surface area contributed by atoms with E-state index in [1.54, 1.807) is 23.7 Å². The van der Waals surface area contributed by atoms with Gasteiger partial charge >= 0.3 is 5.97 Å². The summed E-state index contributed by atoms with van der Waals surface area (Å²) in [6, 6.07) is 15.5. The van der Waals surface area contributed by atoms with Gasteiger partial charge in [0.2, 0.25) is 0 Å². The minimum atomic E-state index is -0.763. The van der Waals surface area contributed by atoms with Crippen LogP contribution in [0.3, 0.4) is 0 Å². The van der Waals surface area contributed by atoms with Gasteiger partial charge in [-0.15, -0.1) is 23.5 Å². The smallest absolute Gasteiger partial charge is 0.313 e. The van der Waals surface area contributed by atoms with E-state index in [0.717, 1.165) is 13.0 Å². The molecule has 0 bridgehead atoms. The first-order valence-electron chi connectivity index (χ1n) is 9.87. The predicted molar refractivity (Wildman–Crippen MR) is 128 cm³/mol. The van der Waals surface area contributed by atoms with E-state index in [9.17, 15) is 4.79 Å². The largest absolute Gasteiger partial charge is 0.481 e. The average molecular weight is 449 g/mol. The predicted octanol–water partition coefficient (Wildman–Crippen LogP) is 6.03. The van der Waals surface area contributed by atoms with Crippen molar-refractivity contribution in [3.8, 4) is 0 Å². The van der Waals surface area contributed by atoms with Crippen LogP contribution in [-0.4, -0.2) is 35.7 Å². The number of carboxylic acids is 1. The van der Waals surface area contributed by atoms with Crippen molar-refractivity contribution in [1.82, 2.24) is 4.72 Å². The summed E-state index contributed by atoms with van der Waals surface area (Å²) in [6.07, 6.45) is 5.65. The number of hydrogen-bond acceptors (Lipinski definition) is 6. The summed E-state index contributed by atoms with van der Waals surface area (Å²) < 4.78 is 3.68. The summed E-state index contributed by atoms with van der Waals surface area (Å²) in [5.41, 5.74) is 3.64. The van der Waals surface area contributed by atoms with Gasteiger partial charge < -0.3 is 10.0 Å².